The monoisotopic (exact) mass is 711 g/mol. The van der Waals surface area contributed by atoms with Gasteiger partial charge in [-0.05, 0) is 139 Å². The second kappa shape index (κ2) is 19.1. The standard InChI is InChI=1S/C38H70N3O3PS2/c1-26(2)41(27(3)4)45(43-23-10-21-39-9)44-30-13-15-32-29(25-30)12-14-35-34(32)19-18-33-31(16-17-36(33)35)28(5)11-20-37(42)40-22-24-46-47-38(6,7)8/h21,26-36H,10-20,22-25H2,1-9H3,(H,40,42)/b39-21-/t28-,29?,30-,31-,32?,33?,34?,35?,36?,45?/m1/s1. The molecule has 1 amide bonds. The van der Waals surface area contributed by atoms with E-state index >= 15 is 0 Å². The Balaban J connectivity index is 1.24. The van der Waals surface area contributed by atoms with E-state index in [1.165, 1.54) is 57.8 Å². The van der Waals surface area contributed by atoms with E-state index < -0.39 is 8.53 Å². The molecular weight excluding hydrogens is 642 g/mol. The lowest BCUT2D eigenvalue weighted by Gasteiger charge is -2.53. The lowest BCUT2D eigenvalue weighted by atomic mass is 9.53. The molecule has 0 aromatic heterocycles. The van der Waals surface area contributed by atoms with Crippen LogP contribution in [0.2, 0.25) is 0 Å². The highest BCUT2D eigenvalue weighted by atomic mass is 33.1. The van der Waals surface area contributed by atoms with Gasteiger partial charge < -0.3 is 19.4 Å². The van der Waals surface area contributed by atoms with Gasteiger partial charge in [-0.2, -0.15) is 0 Å². The molecule has 47 heavy (non-hydrogen) atoms. The number of hydrogen-bond donors (Lipinski definition) is 1. The molecule has 0 heterocycles. The van der Waals surface area contributed by atoms with Crippen LogP contribution >= 0.6 is 30.1 Å². The van der Waals surface area contributed by atoms with Crippen molar-refractivity contribution in [1.82, 2.24) is 9.99 Å². The fourth-order valence-corrected chi connectivity index (χ4v) is 13.9. The summed E-state index contributed by atoms with van der Waals surface area (Å²) in [4.78, 5) is 16.8. The lowest BCUT2D eigenvalue weighted by Crippen LogP contribution is -2.46. The van der Waals surface area contributed by atoms with Crippen molar-refractivity contribution in [3.8, 4) is 0 Å². The molecule has 0 radical (unpaired) electrons. The summed E-state index contributed by atoms with van der Waals surface area (Å²) in [5, 5.41) is 3.18. The number of fused-ring (bicyclic) bond motifs is 5. The van der Waals surface area contributed by atoms with Crippen LogP contribution in [0.1, 0.15) is 132 Å². The highest BCUT2D eigenvalue weighted by Crippen LogP contribution is 2.61. The van der Waals surface area contributed by atoms with Crippen molar-refractivity contribution < 1.29 is 13.8 Å². The fraction of sp³-hybridized carbons (Fsp3) is 0.947. The summed E-state index contributed by atoms with van der Waals surface area (Å²) >= 11 is 0. The summed E-state index contributed by atoms with van der Waals surface area (Å²) in [6.07, 6.45) is 17.1. The van der Waals surface area contributed by atoms with E-state index in [1.54, 1.807) is 0 Å². The van der Waals surface area contributed by atoms with Crippen molar-refractivity contribution in [2.24, 2.45) is 52.3 Å². The van der Waals surface area contributed by atoms with Crippen molar-refractivity contribution in [2.75, 3.05) is 26.0 Å². The number of hydrogen-bond acceptors (Lipinski definition) is 7. The highest BCUT2D eigenvalue weighted by molar-refractivity contribution is 8.77. The zero-order valence-corrected chi connectivity index (χ0v) is 33.9. The average molecular weight is 712 g/mol. The summed E-state index contributed by atoms with van der Waals surface area (Å²) in [6, 6.07) is 0.787. The Kier molecular flexibility index (Phi) is 16.2. The number of nitrogens with one attached hydrogen (secondary N) is 1. The Morgan fingerprint density at radius 1 is 0.936 bits per heavy atom. The van der Waals surface area contributed by atoms with Crippen molar-refractivity contribution in [2.45, 2.75) is 155 Å². The first-order valence-electron chi connectivity index (χ1n) is 19.3. The molecular formula is C38H70N3O3PS2. The highest BCUT2D eigenvalue weighted by Gasteiger charge is 2.52. The number of nitrogens with zero attached hydrogens (tertiary/aromatic N) is 2. The van der Waals surface area contributed by atoms with E-state index in [-0.39, 0.29) is 10.7 Å². The molecule has 4 aliphatic carbocycles. The van der Waals surface area contributed by atoms with Gasteiger partial charge in [0.1, 0.15) is 0 Å². The summed E-state index contributed by atoms with van der Waals surface area (Å²) in [5.41, 5.74) is 0. The Morgan fingerprint density at radius 2 is 1.57 bits per heavy atom. The van der Waals surface area contributed by atoms with Gasteiger partial charge in [0.15, 0.2) is 0 Å². The van der Waals surface area contributed by atoms with Crippen LogP contribution in [0.5, 0.6) is 0 Å². The van der Waals surface area contributed by atoms with Crippen LogP contribution in [-0.2, 0) is 13.8 Å². The zero-order chi connectivity index (χ0) is 34.1. The van der Waals surface area contributed by atoms with Gasteiger partial charge >= 0.3 is 0 Å². The van der Waals surface area contributed by atoms with Gasteiger partial charge in [-0.25, -0.2) is 4.67 Å². The third kappa shape index (κ3) is 11.6. The Labute approximate surface area is 298 Å². The van der Waals surface area contributed by atoms with Crippen LogP contribution in [0.25, 0.3) is 0 Å². The van der Waals surface area contributed by atoms with Gasteiger partial charge in [0, 0.05) is 55.2 Å². The SMILES string of the molecule is C/N=C\CCOP(O[C@@H]1CCC2C(CCC3C2CCC2C3CC[C@@H]2[C@H](C)CCC(=O)NCCSSC(C)(C)C)C1)N(C(C)C)C(C)C. The Bertz CT molecular complexity index is 970. The third-order valence-corrected chi connectivity index (χ3v) is 17.3. The topological polar surface area (TPSA) is 63.2 Å². The van der Waals surface area contributed by atoms with Gasteiger partial charge in [-0.3, -0.25) is 4.79 Å². The number of aliphatic imine (C=N–C) groups is 1. The molecule has 10 atom stereocenters. The summed E-state index contributed by atoms with van der Waals surface area (Å²) in [5.74, 6) is 8.12. The maximum atomic E-state index is 12.6. The zero-order valence-electron chi connectivity index (χ0n) is 31.4. The Morgan fingerprint density at radius 3 is 2.28 bits per heavy atom. The third-order valence-electron chi connectivity index (χ3n) is 11.8. The molecule has 9 heteroatoms. The molecule has 0 saturated heterocycles. The molecule has 0 aliphatic heterocycles. The van der Waals surface area contributed by atoms with Crippen LogP contribution in [-0.4, -0.2) is 65.7 Å². The molecule has 7 unspecified atom stereocenters. The van der Waals surface area contributed by atoms with Crippen LogP contribution < -0.4 is 5.32 Å². The van der Waals surface area contributed by atoms with Crippen LogP contribution in [0.3, 0.4) is 0 Å². The first-order chi connectivity index (χ1) is 22.4. The summed E-state index contributed by atoms with van der Waals surface area (Å²) in [6.45, 7) is 19.7. The molecule has 4 saturated carbocycles. The van der Waals surface area contributed by atoms with Crippen molar-refractivity contribution >= 4 is 42.2 Å². The van der Waals surface area contributed by atoms with Crippen molar-refractivity contribution in [3.05, 3.63) is 0 Å². The van der Waals surface area contributed by atoms with Crippen LogP contribution in [0.15, 0.2) is 4.99 Å². The van der Waals surface area contributed by atoms with E-state index in [0.29, 0.717) is 37.1 Å². The molecule has 6 nitrogen and oxygen atoms in total. The molecule has 4 aliphatic rings. The smallest absolute Gasteiger partial charge is 0.259 e. The predicted octanol–water partition coefficient (Wildman–Crippen LogP) is 10.4. The first kappa shape index (κ1) is 39.9. The maximum Gasteiger partial charge on any atom is 0.259 e. The molecule has 272 valence electrons. The summed E-state index contributed by atoms with van der Waals surface area (Å²) < 4.78 is 16.1. The van der Waals surface area contributed by atoms with Crippen molar-refractivity contribution in [1.29, 1.82) is 0 Å². The molecule has 0 aromatic carbocycles. The van der Waals surface area contributed by atoms with E-state index in [0.717, 1.165) is 66.6 Å². The molecule has 1 N–H and O–H groups in total. The van der Waals surface area contributed by atoms with Crippen molar-refractivity contribution in [3.63, 3.8) is 0 Å². The number of amides is 1. The average Bonchev–Trinajstić information content (AvgIpc) is 3.45. The van der Waals surface area contributed by atoms with E-state index in [4.69, 9.17) is 9.05 Å². The molecule has 0 bridgehead atoms. The van der Waals surface area contributed by atoms with Gasteiger partial charge in [0.05, 0.1) is 12.7 Å². The summed E-state index contributed by atoms with van der Waals surface area (Å²) in [7, 11) is 4.53. The molecule has 4 fully saturated rings. The molecule has 0 spiro atoms. The maximum absolute atomic E-state index is 12.6. The number of carbonyl (C=O) groups is 1. The van der Waals surface area contributed by atoms with Gasteiger partial charge in [0.2, 0.25) is 5.91 Å². The van der Waals surface area contributed by atoms with E-state index in [2.05, 4.69) is 70.4 Å². The van der Waals surface area contributed by atoms with Gasteiger partial charge in [-0.15, -0.1) is 0 Å². The second-order valence-corrected chi connectivity index (χ2v) is 21.4. The lowest BCUT2D eigenvalue weighted by molar-refractivity contribution is -0.121. The minimum atomic E-state index is -1.07. The van der Waals surface area contributed by atoms with Crippen LogP contribution in [0, 0.1) is 47.3 Å². The first-order valence-corrected chi connectivity index (χ1v) is 22.7. The fourth-order valence-electron chi connectivity index (χ4n) is 9.99. The van der Waals surface area contributed by atoms with Gasteiger partial charge in [-0.1, -0.05) is 49.3 Å². The predicted molar refractivity (Wildman–Crippen MR) is 206 cm³/mol. The largest absolute Gasteiger partial charge is 0.355 e. The van der Waals surface area contributed by atoms with E-state index in [1.807, 2.05) is 34.9 Å². The second-order valence-electron chi connectivity index (χ2n) is 16.8. The minimum absolute atomic E-state index is 0.251. The van der Waals surface area contributed by atoms with Crippen LogP contribution in [0.4, 0.5) is 0 Å². The van der Waals surface area contributed by atoms with Gasteiger partial charge in [0.25, 0.3) is 8.53 Å². The number of carbonyl (C=O) groups excluding carboxylic acids is 1. The minimum Gasteiger partial charge on any atom is -0.355 e. The Hall–Kier alpha value is 0.150. The molecule has 0 aromatic rings. The number of rotatable bonds is 17. The van der Waals surface area contributed by atoms with E-state index in [9.17, 15) is 4.79 Å². The molecule has 4 rings (SSSR count). The normalized spacial score (nSPS) is 32.4. The quantitative estimate of drug-likeness (QED) is 0.0701.